The van der Waals surface area contributed by atoms with Gasteiger partial charge in [-0.1, -0.05) is 62.4 Å². The van der Waals surface area contributed by atoms with Crippen molar-refractivity contribution in [2.45, 2.75) is 26.2 Å². The number of aromatic hydroxyl groups is 2. The summed E-state index contributed by atoms with van der Waals surface area (Å²) in [7, 11) is 0. The van der Waals surface area contributed by atoms with Gasteiger partial charge in [-0.05, 0) is 81.4 Å². The lowest BCUT2D eigenvalue weighted by atomic mass is 9.78. The molecule has 0 bridgehead atoms. The predicted molar refractivity (Wildman–Crippen MR) is 137 cm³/mol. The molecule has 5 aromatic rings. The first kappa shape index (κ1) is 20.6. The standard InChI is InChI=1S/C31H26O3/c1-18(2)15-19-3-5-22(6-4-19)29-30-25-16-23(32)11-7-20(25)9-13-27(30)34-28-14-10-21-8-12-24(33)17-26(21)31(28)29/h3-14,16-18,29,32-33H,15H2,1-2H3. The number of benzene rings is 5. The Morgan fingerprint density at radius 1 is 0.676 bits per heavy atom. The minimum atomic E-state index is -0.108. The highest BCUT2D eigenvalue weighted by atomic mass is 16.5. The van der Waals surface area contributed by atoms with Crippen LogP contribution in [0.25, 0.3) is 21.5 Å². The van der Waals surface area contributed by atoms with Gasteiger partial charge in [-0.25, -0.2) is 0 Å². The summed E-state index contributed by atoms with van der Waals surface area (Å²) in [5, 5.41) is 24.7. The molecule has 1 aliphatic rings. The van der Waals surface area contributed by atoms with Gasteiger partial charge in [-0.2, -0.15) is 0 Å². The quantitative estimate of drug-likeness (QED) is 0.291. The van der Waals surface area contributed by atoms with Crippen molar-refractivity contribution in [3.8, 4) is 23.0 Å². The van der Waals surface area contributed by atoms with E-state index in [0.29, 0.717) is 5.92 Å². The normalized spacial score (nSPS) is 13.1. The topological polar surface area (TPSA) is 49.7 Å². The summed E-state index contributed by atoms with van der Waals surface area (Å²) >= 11 is 0. The minimum absolute atomic E-state index is 0.108. The van der Waals surface area contributed by atoms with E-state index in [1.165, 1.54) is 5.56 Å². The second kappa shape index (κ2) is 7.81. The molecule has 0 radical (unpaired) electrons. The van der Waals surface area contributed by atoms with Crippen molar-refractivity contribution >= 4 is 21.5 Å². The Hall–Kier alpha value is -3.98. The van der Waals surface area contributed by atoms with Gasteiger partial charge >= 0.3 is 0 Å². The third-order valence-electron chi connectivity index (χ3n) is 6.77. The van der Waals surface area contributed by atoms with Crippen LogP contribution in [0.2, 0.25) is 0 Å². The fourth-order valence-electron chi connectivity index (χ4n) is 5.31. The van der Waals surface area contributed by atoms with Crippen molar-refractivity contribution < 1.29 is 14.9 Å². The maximum atomic E-state index is 10.3. The third kappa shape index (κ3) is 3.36. The molecule has 3 heteroatoms. The van der Waals surface area contributed by atoms with Gasteiger partial charge in [0.05, 0.1) is 0 Å². The molecule has 34 heavy (non-hydrogen) atoms. The molecule has 3 nitrogen and oxygen atoms in total. The number of phenolic OH excluding ortho intramolecular Hbond substituents is 2. The number of hydrogen-bond donors (Lipinski definition) is 2. The molecule has 0 saturated carbocycles. The number of hydrogen-bond acceptors (Lipinski definition) is 3. The van der Waals surface area contributed by atoms with E-state index in [4.69, 9.17) is 4.74 Å². The van der Waals surface area contributed by atoms with Crippen LogP contribution in [0.15, 0.2) is 84.9 Å². The third-order valence-corrected chi connectivity index (χ3v) is 6.77. The van der Waals surface area contributed by atoms with Crippen LogP contribution < -0.4 is 4.74 Å². The van der Waals surface area contributed by atoms with E-state index in [-0.39, 0.29) is 17.4 Å². The molecular formula is C31H26O3. The summed E-state index contributed by atoms with van der Waals surface area (Å²) in [6, 6.07) is 27.9. The Labute approximate surface area is 198 Å². The summed E-state index contributed by atoms with van der Waals surface area (Å²) in [5.74, 6) is 2.53. The SMILES string of the molecule is CC(C)Cc1ccc(C2c3c(ccc4ccc(O)cc34)Oc3ccc4ccc(O)cc4c32)cc1. The fourth-order valence-corrected chi connectivity index (χ4v) is 5.31. The van der Waals surface area contributed by atoms with Gasteiger partial charge in [0.2, 0.25) is 0 Å². The van der Waals surface area contributed by atoms with Crippen LogP contribution in [-0.4, -0.2) is 10.2 Å². The van der Waals surface area contributed by atoms with Gasteiger partial charge in [0.1, 0.15) is 23.0 Å². The molecule has 0 spiro atoms. The van der Waals surface area contributed by atoms with E-state index in [1.807, 2.05) is 48.5 Å². The van der Waals surface area contributed by atoms with Crippen molar-refractivity contribution in [3.63, 3.8) is 0 Å². The lowest BCUT2D eigenvalue weighted by Crippen LogP contribution is -2.13. The van der Waals surface area contributed by atoms with E-state index < -0.39 is 0 Å². The smallest absolute Gasteiger partial charge is 0.132 e. The highest BCUT2D eigenvalue weighted by Crippen LogP contribution is 2.52. The first-order valence-corrected chi connectivity index (χ1v) is 11.8. The molecule has 0 saturated heterocycles. The molecule has 6 rings (SSSR count). The lowest BCUT2D eigenvalue weighted by molar-refractivity contribution is 0.455. The molecule has 5 aromatic carbocycles. The Kier molecular flexibility index (Phi) is 4.73. The van der Waals surface area contributed by atoms with E-state index in [0.717, 1.165) is 56.2 Å². The van der Waals surface area contributed by atoms with Gasteiger partial charge < -0.3 is 14.9 Å². The molecular weight excluding hydrogens is 420 g/mol. The van der Waals surface area contributed by atoms with Crippen molar-refractivity contribution in [1.29, 1.82) is 0 Å². The fraction of sp³-hybridized carbons (Fsp3) is 0.161. The largest absolute Gasteiger partial charge is 0.508 e. The Bertz CT molecular complexity index is 1460. The van der Waals surface area contributed by atoms with Crippen LogP contribution in [0.1, 0.15) is 42.0 Å². The van der Waals surface area contributed by atoms with Crippen LogP contribution in [0.4, 0.5) is 0 Å². The second-order valence-electron chi connectivity index (χ2n) is 9.64. The molecule has 1 aliphatic heterocycles. The zero-order valence-electron chi connectivity index (χ0n) is 19.2. The number of ether oxygens (including phenoxy) is 1. The van der Waals surface area contributed by atoms with Crippen LogP contribution in [0.3, 0.4) is 0 Å². The Morgan fingerprint density at radius 3 is 1.68 bits per heavy atom. The van der Waals surface area contributed by atoms with Crippen LogP contribution in [0, 0.1) is 5.92 Å². The van der Waals surface area contributed by atoms with Gasteiger partial charge in [0.15, 0.2) is 0 Å². The predicted octanol–water partition coefficient (Wildman–Crippen LogP) is 7.89. The molecule has 2 N–H and O–H groups in total. The number of phenols is 2. The first-order valence-electron chi connectivity index (χ1n) is 11.8. The maximum Gasteiger partial charge on any atom is 0.132 e. The van der Waals surface area contributed by atoms with Gasteiger partial charge in [-0.3, -0.25) is 0 Å². The van der Waals surface area contributed by atoms with E-state index in [9.17, 15) is 10.2 Å². The van der Waals surface area contributed by atoms with Crippen LogP contribution >= 0.6 is 0 Å². The Morgan fingerprint density at radius 2 is 1.18 bits per heavy atom. The zero-order valence-corrected chi connectivity index (χ0v) is 19.2. The summed E-state index contributed by atoms with van der Waals surface area (Å²) in [6.45, 7) is 4.46. The average Bonchev–Trinajstić information content (AvgIpc) is 2.82. The molecule has 1 heterocycles. The van der Waals surface area contributed by atoms with Crippen molar-refractivity contribution in [2.24, 2.45) is 5.92 Å². The maximum absolute atomic E-state index is 10.3. The van der Waals surface area contributed by atoms with Crippen LogP contribution in [-0.2, 0) is 6.42 Å². The van der Waals surface area contributed by atoms with Crippen LogP contribution in [0.5, 0.6) is 23.0 Å². The van der Waals surface area contributed by atoms with Crippen molar-refractivity contribution in [1.82, 2.24) is 0 Å². The van der Waals surface area contributed by atoms with E-state index in [2.05, 4.69) is 38.1 Å². The molecule has 0 aliphatic carbocycles. The summed E-state index contributed by atoms with van der Waals surface area (Å²) in [4.78, 5) is 0. The van der Waals surface area contributed by atoms with Gasteiger partial charge in [-0.15, -0.1) is 0 Å². The first-order chi connectivity index (χ1) is 16.5. The molecule has 0 atom stereocenters. The second-order valence-corrected chi connectivity index (χ2v) is 9.64. The minimum Gasteiger partial charge on any atom is -0.508 e. The molecule has 168 valence electrons. The van der Waals surface area contributed by atoms with Crippen molar-refractivity contribution in [3.05, 3.63) is 107 Å². The monoisotopic (exact) mass is 446 g/mol. The highest BCUT2D eigenvalue weighted by Gasteiger charge is 2.32. The van der Waals surface area contributed by atoms with E-state index >= 15 is 0 Å². The molecule has 0 fully saturated rings. The summed E-state index contributed by atoms with van der Waals surface area (Å²) in [6.07, 6.45) is 1.04. The zero-order chi connectivity index (χ0) is 23.4. The molecule has 0 unspecified atom stereocenters. The van der Waals surface area contributed by atoms with Gasteiger partial charge in [0, 0.05) is 17.0 Å². The molecule has 0 amide bonds. The van der Waals surface area contributed by atoms with Crippen molar-refractivity contribution in [2.75, 3.05) is 0 Å². The van der Waals surface area contributed by atoms with Gasteiger partial charge in [0.25, 0.3) is 0 Å². The Balaban J connectivity index is 1.67. The average molecular weight is 447 g/mol. The highest BCUT2D eigenvalue weighted by molar-refractivity contribution is 5.96. The summed E-state index contributed by atoms with van der Waals surface area (Å²) < 4.78 is 6.44. The lowest BCUT2D eigenvalue weighted by Gasteiger charge is -2.31. The summed E-state index contributed by atoms with van der Waals surface area (Å²) in [5.41, 5.74) is 4.55. The number of fused-ring (bicyclic) bond motifs is 6. The molecule has 0 aromatic heterocycles. The number of rotatable bonds is 3. The van der Waals surface area contributed by atoms with E-state index in [1.54, 1.807) is 12.1 Å².